The van der Waals surface area contributed by atoms with Gasteiger partial charge in [0.25, 0.3) is 0 Å². The van der Waals surface area contributed by atoms with Gasteiger partial charge in [-0.25, -0.2) is 0 Å². The number of rotatable bonds is 7. The average Bonchev–Trinajstić information content (AvgIpc) is 2.65. The van der Waals surface area contributed by atoms with Gasteiger partial charge in [0.1, 0.15) is 0 Å². The highest BCUT2D eigenvalue weighted by Crippen LogP contribution is 2.26. The van der Waals surface area contributed by atoms with E-state index >= 15 is 0 Å². The minimum Gasteiger partial charge on any atom is -0.378 e. The predicted octanol–water partition coefficient (Wildman–Crippen LogP) is 2.21. The fourth-order valence-electron chi connectivity index (χ4n) is 2.49. The molecule has 15 heavy (non-hydrogen) atoms. The molecule has 3 atom stereocenters. The lowest BCUT2D eigenvalue weighted by Crippen LogP contribution is -2.43. The van der Waals surface area contributed by atoms with Crippen LogP contribution in [0, 0.1) is 5.92 Å². The van der Waals surface area contributed by atoms with Crippen molar-refractivity contribution >= 4 is 0 Å². The molecule has 0 spiro atoms. The van der Waals surface area contributed by atoms with Gasteiger partial charge in [0, 0.05) is 18.6 Å². The van der Waals surface area contributed by atoms with E-state index in [4.69, 9.17) is 10.6 Å². The molecule has 1 heterocycles. The topological polar surface area (TPSA) is 47.3 Å². The van der Waals surface area contributed by atoms with E-state index in [-0.39, 0.29) is 0 Å². The Morgan fingerprint density at radius 3 is 2.73 bits per heavy atom. The van der Waals surface area contributed by atoms with Crippen molar-refractivity contribution in [2.24, 2.45) is 11.8 Å². The summed E-state index contributed by atoms with van der Waals surface area (Å²) in [4.78, 5) is 0. The largest absolute Gasteiger partial charge is 0.378 e. The minimum atomic E-state index is 0.372. The summed E-state index contributed by atoms with van der Waals surface area (Å²) in [6, 6.07) is 0.444. The molecule has 0 saturated carbocycles. The number of hydrogen-bond acceptors (Lipinski definition) is 3. The highest BCUT2D eigenvalue weighted by molar-refractivity contribution is 4.82. The second kappa shape index (κ2) is 7.20. The van der Waals surface area contributed by atoms with E-state index in [0.717, 1.165) is 13.0 Å². The Morgan fingerprint density at radius 1 is 1.40 bits per heavy atom. The Balaban J connectivity index is 2.22. The molecule has 0 aliphatic carbocycles. The van der Waals surface area contributed by atoms with Gasteiger partial charge in [-0.05, 0) is 19.8 Å². The summed E-state index contributed by atoms with van der Waals surface area (Å²) in [6.45, 7) is 5.30. The van der Waals surface area contributed by atoms with Crippen LogP contribution in [-0.4, -0.2) is 18.8 Å². The van der Waals surface area contributed by atoms with Gasteiger partial charge in [0.15, 0.2) is 0 Å². The highest BCUT2D eigenvalue weighted by Gasteiger charge is 2.30. The molecule has 0 amide bonds. The third-order valence-electron chi connectivity index (χ3n) is 3.53. The third kappa shape index (κ3) is 4.09. The zero-order valence-electron chi connectivity index (χ0n) is 10.2. The smallest absolute Gasteiger partial charge is 0.0591 e. The molecular formula is C12H26N2O. The van der Waals surface area contributed by atoms with Crippen molar-refractivity contribution in [2.75, 3.05) is 6.61 Å². The van der Waals surface area contributed by atoms with Crippen LogP contribution < -0.4 is 11.3 Å². The highest BCUT2D eigenvalue weighted by atomic mass is 16.5. The van der Waals surface area contributed by atoms with Crippen molar-refractivity contribution in [3.63, 3.8) is 0 Å². The Kier molecular flexibility index (Phi) is 6.22. The first-order chi connectivity index (χ1) is 7.29. The van der Waals surface area contributed by atoms with E-state index in [1.54, 1.807) is 0 Å². The van der Waals surface area contributed by atoms with Crippen LogP contribution in [0.25, 0.3) is 0 Å². The van der Waals surface area contributed by atoms with Crippen LogP contribution in [0.1, 0.15) is 52.4 Å². The van der Waals surface area contributed by atoms with Crippen molar-refractivity contribution in [3.8, 4) is 0 Å². The first-order valence-corrected chi connectivity index (χ1v) is 6.37. The van der Waals surface area contributed by atoms with Crippen molar-refractivity contribution in [2.45, 2.75) is 64.5 Å². The van der Waals surface area contributed by atoms with E-state index in [0.29, 0.717) is 18.1 Å². The van der Waals surface area contributed by atoms with E-state index in [9.17, 15) is 0 Å². The lowest BCUT2D eigenvalue weighted by molar-refractivity contribution is 0.0939. The molecule has 0 bridgehead atoms. The van der Waals surface area contributed by atoms with Crippen LogP contribution in [0.3, 0.4) is 0 Å². The molecule has 0 aromatic carbocycles. The maximum Gasteiger partial charge on any atom is 0.0591 e. The number of nitrogens with two attached hydrogens (primary N) is 1. The summed E-state index contributed by atoms with van der Waals surface area (Å²) < 4.78 is 5.58. The molecule has 0 aromatic heterocycles. The van der Waals surface area contributed by atoms with Gasteiger partial charge < -0.3 is 4.74 Å². The second-order valence-corrected chi connectivity index (χ2v) is 4.65. The van der Waals surface area contributed by atoms with Crippen LogP contribution in [0.2, 0.25) is 0 Å². The van der Waals surface area contributed by atoms with E-state index in [2.05, 4.69) is 19.3 Å². The molecule has 1 rings (SSSR count). The summed E-state index contributed by atoms with van der Waals surface area (Å²) in [5, 5.41) is 0. The van der Waals surface area contributed by atoms with E-state index in [1.165, 1.54) is 32.1 Å². The predicted molar refractivity (Wildman–Crippen MR) is 63.4 cm³/mol. The van der Waals surface area contributed by atoms with Crippen LogP contribution in [0.4, 0.5) is 0 Å². The molecule has 0 aromatic rings. The van der Waals surface area contributed by atoms with Crippen molar-refractivity contribution in [3.05, 3.63) is 0 Å². The second-order valence-electron chi connectivity index (χ2n) is 4.65. The maximum atomic E-state index is 5.62. The first kappa shape index (κ1) is 12.9. The number of hydrazine groups is 1. The summed E-state index contributed by atoms with van der Waals surface area (Å²) in [5.74, 6) is 6.23. The van der Waals surface area contributed by atoms with Crippen LogP contribution >= 0.6 is 0 Å². The maximum absolute atomic E-state index is 5.62. The molecule has 90 valence electrons. The number of ether oxygens (including phenoxy) is 1. The lowest BCUT2D eigenvalue weighted by atomic mass is 9.90. The fraction of sp³-hybridized carbons (Fsp3) is 1.00. The summed E-state index contributed by atoms with van der Waals surface area (Å²) in [6.07, 6.45) is 7.97. The normalized spacial score (nSPS) is 28.2. The van der Waals surface area contributed by atoms with Crippen molar-refractivity contribution < 1.29 is 4.74 Å². The zero-order valence-corrected chi connectivity index (χ0v) is 10.2. The van der Waals surface area contributed by atoms with Crippen molar-refractivity contribution in [1.29, 1.82) is 0 Å². The molecule has 1 aliphatic rings. The molecule has 1 aliphatic heterocycles. The van der Waals surface area contributed by atoms with E-state index in [1.807, 2.05) is 0 Å². The average molecular weight is 214 g/mol. The summed E-state index contributed by atoms with van der Waals surface area (Å²) in [5.41, 5.74) is 2.97. The molecule has 1 fully saturated rings. The van der Waals surface area contributed by atoms with Gasteiger partial charge in [-0.1, -0.05) is 32.6 Å². The fourth-order valence-corrected chi connectivity index (χ4v) is 2.49. The molecule has 3 heteroatoms. The first-order valence-electron chi connectivity index (χ1n) is 6.37. The van der Waals surface area contributed by atoms with Crippen LogP contribution in [-0.2, 0) is 4.74 Å². The Labute approximate surface area is 93.7 Å². The van der Waals surface area contributed by atoms with Gasteiger partial charge >= 0.3 is 0 Å². The zero-order chi connectivity index (χ0) is 11.1. The monoisotopic (exact) mass is 214 g/mol. The summed E-state index contributed by atoms with van der Waals surface area (Å²) >= 11 is 0. The Hall–Kier alpha value is -0.120. The third-order valence-corrected chi connectivity index (χ3v) is 3.53. The standard InChI is InChI=1S/C12H26N2O/c1-3-4-5-6-7-12(14-13)11-8-9-15-10(11)2/h10-12,14H,3-9,13H2,1-2H3. The van der Waals surface area contributed by atoms with Gasteiger partial charge in [-0.15, -0.1) is 0 Å². The number of unbranched alkanes of at least 4 members (excludes halogenated alkanes) is 3. The van der Waals surface area contributed by atoms with Gasteiger partial charge in [-0.2, -0.15) is 0 Å². The molecule has 0 radical (unpaired) electrons. The van der Waals surface area contributed by atoms with Gasteiger partial charge in [0.05, 0.1) is 6.10 Å². The Bertz CT molecular complexity index is 164. The van der Waals surface area contributed by atoms with Crippen molar-refractivity contribution in [1.82, 2.24) is 5.43 Å². The Morgan fingerprint density at radius 2 is 2.20 bits per heavy atom. The van der Waals surface area contributed by atoms with Gasteiger partial charge in [0.2, 0.25) is 0 Å². The lowest BCUT2D eigenvalue weighted by Gasteiger charge is -2.25. The number of hydrogen-bond donors (Lipinski definition) is 2. The molecular weight excluding hydrogens is 188 g/mol. The SMILES string of the molecule is CCCCCCC(NN)C1CCOC1C. The van der Waals surface area contributed by atoms with Gasteiger partial charge in [-0.3, -0.25) is 11.3 Å². The van der Waals surface area contributed by atoms with E-state index < -0.39 is 0 Å². The minimum absolute atomic E-state index is 0.372. The molecule has 3 N–H and O–H groups in total. The van der Waals surface area contributed by atoms with Crippen LogP contribution in [0.5, 0.6) is 0 Å². The number of nitrogens with one attached hydrogen (secondary N) is 1. The summed E-state index contributed by atoms with van der Waals surface area (Å²) in [7, 11) is 0. The molecule has 3 nitrogen and oxygen atoms in total. The molecule has 3 unspecified atom stereocenters. The van der Waals surface area contributed by atoms with Crippen LogP contribution in [0.15, 0.2) is 0 Å². The molecule has 1 saturated heterocycles. The quantitative estimate of drug-likeness (QED) is 0.388.